The number of ether oxygens (including phenoxy) is 4. The second kappa shape index (κ2) is 10.0. The number of hydrogen-bond donors (Lipinski definition) is 1. The lowest BCUT2D eigenvalue weighted by Gasteiger charge is -2.24. The molecule has 9 nitrogen and oxygen atoms in total. The molecule has 2 heterocycles. The van der Waals surface area contributed by atoms with Gasteiger partial charge in [-0.2, -0.15) is 0 Å². The van der Waals surface area contributed by atoms with E-state index in [9.17, 15) is 14.7 Å². The van der Waals surface area contributed by atoms with Gasteiger partial charge in [0.05, 0.1) is 50.9 Å². The lowest BCUT2D eigenvalue weighted by atomic mass is 9.98. The highest BCUT2D eigenvalue weighted by Gasteiger charge is 2.49. The highest BCUT2D eigenvalue weighted by atomic mass is 35.5. The predicted octanol–water partition coefficient (Wildman–Crippen LogP) is 5.25. The molecule has 0 spiro atoms. The molecule has 1 fully saturated rings. The zero-order valence-corrected chi connectivity index (χ0v) is 21.1. The number of aliphatic hydroxyl groups is 1. The minimum absolute atomic E-state index is 0.00447. The van der Waals surface area contributed by atoms with E-state index in [4.69, 9.17) is 46.6 Å². The van der Waals surface area contributed by atoms with E-state index in [1.54, 1.807) is 30.3 Å². The van der Waals surface area contributed by atoms with Crippen molar-refractivity contribution in [2.75, 3.05) is 33.3 Å². The lowest BCUT2D eigenvalue weighted by molar-refractivity contribution is -0.132. The molecule has 0 bridgehead atoms. The van der Waals surface area contributed by atoms with Crippen LogP contribution in [0.4, 0.5) is 5.69 Å². The molecule has 0 aliphatic carbocycles. The summed E-state index contributed by atoms with van der Waals surface area (Å²) >= 11 is 12.7. The topological polar surface area (TPSA) is 108 Å². The van der Waals surface area contributed by atoms with E-state index < -0.39 is 23.5 Å². The van der Waals surface area contributed by atoms with Crippen molar-refractivity contribution in [2.24, 2.45) is 0 Å². The minimum Gasteiger partial charge on any atom is -0.507 e. The molecule has 1 unspecified atom stereocenters. The molecule has 1 aromatic heterocycles. The van der Waals surface area contributed by atoms with Crippen LogP contribution in [0.2, 0.25) is 10.0 Å². The van der Waals surface area contributed by atoms with Gasteiger partial charge in [-0.05, 0) is 30.3 Å². The van der Waals surface area contributed by atoms with Crippen LogP contribution in [0.1, 0.15) is 17.4 Å². The Balaban J connectivity index is 1.98. The number of nitrogens with zero attached hydrogens (tertiary/aromatic N) is 1. The van der Waals surface area contributed by atoms with Gasteiger partial charge in [0.2, 0.25) is 0 Å². The number of benzene rings is 2. The van der Waals surface area contributed by atoms with Crippen molar-refractivity contribution in [1.82, 2.24) is 0 Å². The van der Waals surface area contributed by atoms with E-state index in [1.807, 2.05) is 0 Å². The van der Waals surface area contributed by atoms with Crippen LogP contribution in [-0.4, -0.2) is 45.2 Å². The van der Waals surface area contributed by atoms with Crippen LogP contribution in [0.5, 0.6) is 23.0 Å². The molecular weight excluding hydrogens is 513 g/mol. The first-order valence-electron chi connectivity index (χ1n) is 10.5. The number of ketones is 1. The molecular formula is C25H21Cl2NO8. The Hall–Kier alpha value is -3.82. The molecule has 0 saturated carbocycles. The third-order valence-corrected chi connectivity index (χ3v) is 6.32. The highest BCUT2D eigenvalue weighted by Crippen LogP contribution is 2.48. The van der Waals surface area contributed by atoms with Crippen LogP contribution in [0.15, 0.2) is 52.7 Å². The van der Waals surface area contributed by atoms with E-state index in [2.05, 4.69) is 0 Å². The third-order valence-electron chi connectivity index (χ3n) is 5.70. The minimum atomic E-state index is -1.12. The molecule has 1 saturated heterocycles. The first-order valence-corrected chi connectivity index (χ1v) is 11.2. The number of aliphatic hydroxyl groups excluding tert-OH is 1. The van der Waals surface area contributed by atoms with Gasteiger partial charge in [-0.1, -0.05) is 23.2 Å². The number of halogens is 2. The number of carbonyl (C=O) groups is 2. The van der Waals surface area contributed by atoms with E-state index >= 15 is 0 Å². The van der Waals surface area contributed by atoms with Gasteiger partial charge in [0.1, 0.15) is 22.6 Å². The summed E-state index contributed by atoms with van der Waals surface area (Å²) in [5, 5.41) is 11.5. The Kier molecular flexibility index (Phi) is 7.05. The molecule has 1 aliphatic rings. The fraction of sp³-hybridized carbons (Fsp3) is 0.200. The molecule has 36 heavy (non-hydrogen) atoms. The second-order valence-corrected chi connectivity index (χ2v) is 8.30. The van der Waals surface area contributed by atoms with Crippen LogP contribution in [0.25, 0.3) is 5.76 Å². The van der Waals surface area contributed by atoms with Gasteiger partial charge in [-0.3, -0.25) is 14.5 Å². The third kappa shape index (κ3) is 4.00. The van der Waals surface area contributed by atoms with Crippen LogP contribution in [0.3, 0.4) is 0 Å². The summed E-state index contributed by atoms with van der Waals surface area (Å²) in [4.78, 5) is 27.9. The summed E-state index contributed by atoms with van der Waals surface area (Å²) in [5.41, 5.74) is 0.0588. The summed E-state index contributed by atoms with van der Waals surface area (Å²) in [6.07, 6.45) is 1.39. The maximum atomic E-state index is 13.3. The number of carbonyl (C=O) groups excluding carboxylic acids is 2. The van der Waals surface area contributed by atoms with E-state index in [0.29, 0.717) is 17.2 Å². The van der Waals surface area contributed by atoms with Gasteiger partial charge in [-0.15, -0.1) is 0 Å². The Morgan fingerprint density at radius 2 is 1.64 bits per heavy atom. The molecule has 1 aliphatic heterocycles. The molecule has 3 aromatic rings. The number of Topliss-reactive ketones (excluding diaryl/α,β-unsaturated/α-hetero) is 1. The van der Waals surface area contributed by atoms with E-state index in [-0.39, 0.29) is 38.4 Å². The average molecular weight is 534 g/mol. The van der Waals surface area contributed by atoms with Crippen LogP contribution in [-0.2, 0) is 9.59 Å². The summed E-state index contributed by atoms with van der Waals surface area (Å²) in [6.45, 7) is 0. The van der Waals surface area contributed by atoms with E-state index in [1.165, 1.54) is 45.7 Å². The van der Waals surface area contributed by atoms with Crippen molar-refractivity contribution in [3.05, 3.63) is 69.6 Å². The average Bonchev–Trinajstić information content (AvgIpc) is 3.50. The Labute approximate surface area is 216 Å². The summed E-state index contributed by atoms with van der Waals surface area (Å²) in [7, 11) is 5.63. The van der Waals surface area contributed by atoms with Crippen molar-refractivity contribution in [2.45, 2.75) is 6.04 Å². The normalized spacial score (nSPS) is 16.8. The highest BCUT2D eigenvalue weighted by molar-refractivity contribution is 6.52. The fourth-order valence-electron chi connectivity index (χ4n) is 4.08. The fourth-order valence-corrected chi connectivity index (χ4v) is 4.77. The first-order chi connectivity index (χ1) is 17.3. The molecule has 0 radical (unpaired) electrons. The quantitative estimate of drug-likeness (QED) is 0.249. The standard InChI is InChI=1S/C25H21Cl2NO8/c1-32-15-8-7-12(10-17(15)33-2)28-20(16-6-5-9-36-16)18(22(30)25(28)31)21(29)13-11-14(26)24(35-4)19(27)23(13)34-3/h5-11,20,29H,1-4H3/b21-18-. The van der Waals surface area contributed by atoms with Gasteiger partial charge in [0.15, 0.2) is 23.0 Å². The van der Waals surface area contributed by atoms with E-state index in [0.717, 1.165) is 0 Å². The number of rotatable bonds is 7. The first kappa shape index (κ1) is 25.3. The number of anilines is 1. The summed E-state index contributed by atoms with van der Waals surface area (Å²) in [5.74, 6) is -1.27. The zero-order chi connectivity index (χ0) is 26.1. The van der Waals surface area contributed by atoms with Crippen molar-refractivity contribution in [3.63, 3.8) is 0 Å². The molecule has 188 valence electrons. The van der Waals surface area contributed by atoms with Gasteiger partial charge < -0.3 is 28.5 Å². The Morgan fingerprint density at radius 1 is 0.944 bits per heavy atom. The molecule has 1 atom stereocenters. The Bertz CT molecular complexity index is 1370. The van der Waals surface area contributed by atoms with Crippen LogP contribution in [0, 0.1) is 0 Å². The SMILES string of the molecule is COc1ccc(N2C(=O)C(=O)/C(=C(\O)c3cc(Cl)c(OC)c(Cl)c3OC)C2c2ccco2)cc1OC. The number of furan rings is 1. The smallest absolute Gasteiger partial charge is 0.300 e. The molecule has 1 amide bonds. The maximum absolute atomic E-state index is 13.3. The number of hydrogen-bond acceptors (Lipinski definition) is 8. The lowest BCUT2D eigenvalue weighted by Crippen LogP contribution is -2.29. The van der Waals surface area contributed by atoms with Gasteiger partial charge in [-0.25, -0.2) is 0 Å². The van der Waals surface area contributed by atoms with Crippen LogP contribution < -0.4 is 23.8 Å². The van der Waals surface area contributed by atoms with Crippen LogP contribution >= 0.6 is 23.2 Å². The molecule has 11 heteroatoms. The van der Waals surface area contributed by atoms with Gasteiger partial charge in [0.25, 0.3) is 11.7 Å². The van der Waals surface area contributed by atoms with Crippen molar-refractivity contribution < 1.29 is 38.1 Å². The summed E-state index contributed by atoms with van der Waals surface area (Å²) < 4.78 is 26.8. The maximum Gasteiger partial charge on any atom is 0.300 e. The monoisotopic (exact) mass is 533 g/mol. The van der Waals surface area contributed by atoms with Gasteiger partial charge >= 0.3 is 0 Å². The molecule has 4 rings (SSSR count). The Morgan fingerprint density at radius 3 is 2.22 bits per heavy atom. The van der Waals surface area contributed by atoms with Gasteiger partial charge in [0, 0.05) is 11.8 Å². The van der Waals surface area contributed by atoms with Crippen molar-refractivity contribution >= 4 is 46.3 Å². The van der Waals surface area contributed by atoms with Crippen molar-refractivity contribution in [3.8, 4) is 23.0 Å². The molecule has 1 N–H and O–H groups in total. The number of methoxy groups -OCH3 is 4. The second-order valence-electron chi connectivity index (χ2n) is 7.51. The summed E-state index contributed by atoms with van der Waals surface area (Å²) in [6, 6.07) is 8.13. The largest absolute Gasteiger partial charge is 0.507 e. The number of amides is 1. The predicted molar refractivity (Wildman–Crippen MR) is 133 cm³/mol. The zero-order valence-electron chi connectivity index (χ0n) is 19.6. The van der Waals surface area contributed by atoms with Crippen molar-refractivity contribution in [1.29, 1.82) is 0 Å². The molecule has 2 aromatic carbocycles.